The summed E-state index contributed by atoms with van der Waals surface area (Å²) < 4.78 is 15.6. The molecule has 0 aromatic rings. The van der Waals surface area contributed by atoms with Gasteiger partial charge in [0.05, 0.1) is 19.8 Å². The zero-order valence-electron chi connectivity index (χ0n) is 16.3. The summed E-state index contributed by atoms with van der Waals surface area (Å²) in [4.78, 5) is 11.5. The third kappa shape index (κ3) is 16.4. The maximum absolute atomic E-state index is 11.5. The van der Waals surface area contributed by atoms with Crippen LogP contribution in [0.2, 0.25) is 0 Å². The lowest BCUT2D eigenvalue weighted by Gasteiger charge is -2.26. The summed E-state index contributed by atoms with van der Waals surface area (Å²) in [6.45, 7) is 12.6. The van der Waals surface area contributed by atoms with Gasteiger partial charge in [-0.15, -0.1) is 0 Å². The average molecular weight is 368 g/mol. The van der Waals surface area contributed by atoms with Crippen LogP contribution in [0.15, 0.2) is 0 Å². The second-order valence-corrected chi connectivity index (χ2v) is 5.74. The first kappa shape index (κ1) is 25.8. The molecule has 0 bridgehead atoms. The Bertz CT molecular complexity index is 265. The van der Waals surface area contributed by atoms with Crippen LogP contribution < -0.4 is 5.32 Å². The van der Waals surface area contributed by atoms with Crippen LogP contribution in [-0.4, -0.2) is 50.4 Å². The number of ether oxygens (including phenoxy) is 3. The van der Waals surface area contributed by atoms with Crippen molar-refractivity contribution in [1.82, 2.24) is 5.32 Å². The first-order valence-electron chi connectivity index (χ1n) is 9.49. The van der Waals surface area contributed by atoms with Crippen LogP contribution in [0.1, 0.15) is 68.1 Å². The van der Waals surface area contributed by atoms with E-state index in [4.69, 9.17) is 14.2 Å². The highest BCUT2D eigenvalue weighted by Crippen LogP contribution is 2.22. The van der Waals surface area contributed by atoms with Crippen LogP contribution in [0, 0.1) is 0 Å². The number of rotatable bonds is 9. The van der Waals surface area contributed by atoms with Crippen molar-refractivity contribution in [1.29, 1.82) is 0 Å². The van der Waals surface area contributed by atoms with E-state index in [9.17, 15) is 4.79 Å². The summed E-state index contributed by atoms with van der Waals surface area (Å²) in [5.74, 6) is 0. The van der Waals surface area contributed by atoms with Gasteiger partial charge in [0.15, 0.2) is 0 Å². The Morgan fingerprint density at radius 3 is 2.00 bits per heavy atom. The highest BCUT2D eigenvalue weighted by molar-refractivity contribution is 7.80. The topological polar surface area (TPSA) is 56.8 Å². The molecule has 0 radical (unpaired) electrons. The maximum atomic E-state index is 11.5. The highest BCUT2D eigenvalue weighted by Gasteiger charge is 2.20. The van der Waals surface area contributed by atoms with Gasteiger partial charge in [-0.1, -0.05) is 34.6 Å². The lowest BCUT2D eigenvalue weighted by atomic mass is 9.95. The fraction of sp³-hybridized carbons (Fsp3) is 0.944. The van der Waals surface area contributed by atoms with Gasteiger partial charge in [-0.2, -0.15) is 12.6 Å². The Balaban J connectivity index is -0.000000899. The van der Waals surface area contributed by atoms with Crippen LogP contribution in [0.4, 0.5) is 4.79 Å². The second-order valence-electron chi connectivity index (χ2n) is 5.01. The van der Waals surface area contributed by atoms with Gasteiger partial charge in [-0.25, -0.2) is 4.79 Å². The zero-order chi connectivity index (χ0) is 18.6. The molecule has 0 unspecified atom stereocenters. The van der Waals surface area contributed by atoms with Crippen LogP contribution in [0.3, 0.4) is 0 Å². The van der Waals surface area contributed by atoms with Crippen molar-refractivity contribution >= 4 is 18.7 Å². The zero-order valence-corrected chi connectivity index (χ0v) is 17.2. The van der Waals surface area contributed by atoms with E-state index in [1.54, 1.807) is 0 Å². The Kier molecular flexibility index (Phi) is 22.1. The number of nitrogens with one attached hydrogen (secondary N) is 1. The number of carbonyl (C=O) groups is 1. The van der Waals surface area contributed by atoms with E-state index in [1.807, 2.05) is 27.7 Å². The van der Waals surface area contributed by atoms with Crippen molar-refractivity contribution in [3.63, 3.8) is 0 Å². The molecule has 0 spiro atoms. The first-order chi connectivity index (χ1) is 11.7. The molecule has 1 rings (SSSR count). The number of thiol groups is 1. The minimum absolute atomic E-state index is 0. The number of hydrogen-bond acceptors (Lipinski definition) is 5. The highest BCUT2D eigenvalue weighted by atomic mass is 32.1. The van der Waals surface area contributed by atoms with E-state index >= 15 is 0 Å². The van der Waals surface area contributed by atoms with E-state index < -0.39 is 0 Å². The molecule has 24 heavy (non-hydrogen) atoms. The van der Waals surface area contributed by atoms with Gasteiger partial charge in [0.2, 0.25) is 0 Å². The summed E-state index contributed by atoms with van der Waals surface area (Å²) in [5, 5.41) is 3.36. The third-order valence-electron chi connectivity index (χ3n) is 3.20. The van der Waals surface area contributed by atoms with Crippen molar-refractivity contribution in [3.05, 3.63) is 0 Å². The van der Waals surface area contributed by atoms with Crippen molar-refractivity contribution in [2.24, 2.45) is 0 Å². The Morgan fingerprint density at radius 2 is 1.46 bits per heavy atom. The van der Waals surface area contributed by atoms with Gasteiger partial charge < -0.3 is 19.5 Å². The fourth-order valence-corrected chi connectivity index (χ4v) is 2.39. The van der Waals surface area contributed by atoms with E-state index in [1.165, 1.54) is 0 Å². The lowest BCUT2D eigenvalue weighted by molar-refractivity contribution is 0.0277. The Hall–Kier alpha value is -0.460. The summed E-state index contributed by atoms with van der Waals surface area (Å²) >= 11 is 4.43. The Morgan fingerprint density at radius 1 is 0.958 bits per heavy atom. The Labute approximate surface area is 156 Å². The molecule has 0 heterocycles. The minimum Gasteiger partial charge on any atom is -0.447 e. The van der Waals surface area contributed by atoms with Gasteiger partial charge in [0.1, 0.15) is 6.61 Å². The molecule has 1 aliphatic carbocycles. The molecular weight excluding hydrogens is 326 g/mol. The third-order valence-corrected chi connectivity index (χ3v) is 3.72. The summed E-state index contributed by atoms with van der Waals surface area (Å²) in [5.41, 5.74) is 0. The van der Waals surface area contributed by atoms with Crippen LogP contribution in [-0.2, 0) is 14.2 Å². The van der Waals surface area contributed by atoms with E-state index in [0.29, 0.717) is 25.1 Å². The molecule has 148 valence electrons. The molecule has 0 aliphatic heterocycles. The average Bonchev–Trinajstić information content (AvgIpc) is 2.63. The van der Waals surface area contributed by atoms with Crippen molar-refractivity contribution in [2.75, 3.05) is 33.0 Å². The van der Waals surface area contributed by atoms with Crippen molar-refractivity contribution in [3.8, 4) is 0 Å². The smallest absolute Gasteiger partial charge is 0.407 e. The minimum atomic E-state index is -0.349. The molecular formula is C18H41NO4S. The molecule has 1 N–H and O–H groups in total. The van der Waals surface area contributed by atoms with Gasteiger partial charge >= 0.3 is 6.09 Å². The fourth-order valence-electron chi connectivity index (χ4n) is 2.09. The van der Waals surface area contributed by atoms with Crippen LogP contribution in [0.5, 0.6) is 0 Å². The van der Waals surface area contributed by atoms with Gasteiger partial charge in [0, 0.05) is 19.3 Å². The van der Waals surface area contributed by atoms with Gasteiger partial charge in [-0.05, 0) is 32.1 Å². The van der Waals surface area contributed by atoms with Crippen molar-refractivity contribution in [2.45, 2.75) is 78.0 Å². The molecule has 0 saturated heterocycles. The molecule has 0 atom stereocenters. The monoisotopic (exact) mass is 367 g/mol. The SMILES string of the molecule is CC.CC.CCCOCCOCCOC(=O)NC1CCC(S)CC1.[HH]. The molecule has 1 amide bonds. The summed E-state index contributed by atoms with van der Waals surface area (Å²) in [7, 11) is 0. The lowest BCUT2D eigenvalue weighted by Crippen LogP contribution is -2.38. The largest absolute Gasteiger partial charge is 0.447 e. The van der Waals surface area contributed by atoms with E-state index in [2.05, 4.69) is 24.9 Å². The predicted molar refractivity (Wildman–Crippen MR) is 106 cm³/mol. The van der Waals surface area contributed by atoms with E-state index in [-0.39, 0.29) is 20.2 Å². The summed E-state index contributed by atoms with van der Waals surface area (Å²) in [6, 6.07) is 0.231. The molecule has 1 fully saturated rings. The number of amides is 1. The van der Waals surface area contributed by atoms with Crippen molar-refractivity contribution < 1.29 is 20.4 Å². The van der Waals surface area contributed by atoms with Crippen LogP contribution >= 0.6 is 12.6 Å². The number of alkyl carbamates (subject to hydrolysis) is 1. The standard InChI is InChI=1S/C14H27NO4S.2C2H6.H2/c1-2-7-17-8-9-18-10-11-19-14(16)15-12-3-5-13(20)6-4-12;2*1-2;/h12-13,20H,2-11H2,1H3,(H,15,16);2*1-2H3;1H. The molecule has 6 heteroatoms. The maximum Gasteiger partial charge on any atom is 0.407 e. The molecule has 5 nitrogen and oxygen atoms in total. The van der Waals surface area contributed by atoms with Crippen LogP contribution in [0.25, 0.3) is 0 Å². The van der Waals surface area contributed by atoms with E-state index in [0.717, 1.165) is 38.7 Å². The number of carbonyl (C=O) groups excluding carboxylic acids is 1. The molecule has 1 aliphatic rings. The normalized spacial score (nSPS) is 19.2. The predicted octanol–water partition coefficient (Wildman–Crippen LogP) is 4.70. The molecule has 0 aromatic heterocycles. The summed E-state index contributed by atoms with van der Waals surface area (Å²) in [6.07, 6.45) is 4.73. The first-order valence-corrected chi connectivity index (χ1v) is 10.0. The molecule has 1 saturated carbocycles. The van der Waals surface area contributed by atoms with Gasteiger partial charge in [-0.3, -0.25) is 0 Å². The molecule has 0 aromatic carbocycles. The quantitative estimate of drug-likeness (QED) is 0.458. The second kappa shape index (κ2) is 20.6. The number of hydrogen-bond donors (Lipinski definition) is 2. The van der Waals surface area contributed by atoms with Gasteiger partial charge in [0.25, 0.3) is 0 Å².